The van der Waals surface area contributed by atoms with E-state index in [0.29, 0.717) is 30.8 Å². The number of nitrogens with zero attached hydrogens (tertiary/aromatic N) is 4. The van der Waals surface area contributed by atoms with Crippen molar-refractivity contribution in [3.05, 3.63) is 84.7 Å². The number of fused-ring (bicyclic) bond motifs is 1. The van der Waals surface area contributed by atoms with Gasteiger partial charge < -0.3 is 27.5 Å². The van der Waals surface area contributed by atoms with Crippen LogP contribution in [-0.4, -0.2) is 44.5 Å². The molecule has 44 heavy (non-hydrogen) atoms. The Balaban J connectivity index is 1.68. The molecule has 0 saturated carbocycles. The van der Waals surface area contributed by atoms with Gasteiger partial charge in [0.15, 0.2) is 17.4 Å². The molecule has 0 unspecified atom stereocenters. The van der Waals surface area contributed by atoms with Crippen LogP contribution in [-0.2, 0) is 6.42 Å². The Morgan fingerprint density at radius 2 is 1.95 bits per heavy atom. The summed E-state index contributed by atoms with van der Waals surface area (Å²) in [6.07, 6.45) is 4.17. The first-order valence-electron chi connectivity index (χ1n) is 14.3. The molecule has 0 radical (unpaired) electrons. The van der Waals surface area contributed by atoms with Crippen LogP contribution < -0.4 is 28.2 Å². The van der Waals surface area contributed by atoms with Crippen LogP contribution >= 0.6 is 11.6 Å². The maximum Gasteiger partial charge on any atom is 0.354 e. The van der Waals surface area contributed by atoms with Crippen molar-refractivity contribution in [3.8, 4) is 16.9 Å². The Bertz CT molecular complexity index is 1750. The predicted octanol–water partition coefficient (Wildman–Crippen LogP) is 4.37. The fourth-order valence-electron chi connectivity index (χ4n) is 5.08. The monoisotopic (exact) mass is 625 g/mol. The first-order chi connectivity index (χ1) is 20.9. The highest BCUT2D eigenvalue weighted by Crippen LogP contribution is 2.40. The van der Waals surface area contributed by atoms with Gasteiger partial charge >= 0.3 is 11.4 Å². The largest absolute Gasteiger partial charge is 0.370 e. The summed E-state index contributed by atoms with van der Waals surface area (Å²) in [5.41, 5.74) is 18.0. The number of nitrogens with one attached hydrogen (secondary N) is 2. The third-order valence-corrected chi connectivity index (χ3v) is 7.98. The van der Waals surface area contributed by atoms with E-state index in [2.05, 4.69) is 20.3 Å². The first-order valence-corrected chi connectivity index (χ1v) is 14.7. The molecule has 12 nitrogen and oxygen atoms in total. The Labute approximate surface area is 258 Å². The van der Waals surface area contributed by atoms with Gasteiger partial charge in [0.1, 0.15) is 11.1 Å². The third-order valence-electron chi connectivity index (χ3n) is 7.53. The van der Waals surface area contributed by atoms with Gasteiger partial charge in [0, 0.05) is 30.4 Å². The van der Waals surface area contributed by atoms with Gasteiger partial charge in [-0.3, -0.25) is 19.7 Å². The third kappa shape index (κ3) is 7.24. The molecule has 4 aromatic rings. The summed E-state index contributed by atoms with van der Waals surface area (Å²) in [6.45, 7) is 6.83. The molecule has 2 aromatic carbocycles. The van der Waals surface area contributed by atoms with Crippen molar-refractivity contribution in [3.63, 3.8) is 0 Å². The summed E-state index contributed by atoms with van der Waals surface area (Å²) in [5, 5.41) is 15.7. The zero-order chi connectivity index (χ0) is 32.1. The van der Waals surface area contributed by atoms with Gasteiger partial charge in [-0.25, -0.2) is 9.18 Å². The molecule has 0 aliphatic rings. The number of aryl methyl sites for hydroxylation is 1. The summed E-state index contributed by atoms with van der Waals surface area (Å²) < 4.78 is 16.7. The van der Waals surface area contributed by atoms with Crippen LogP contribution in [0.25, 0.3) is 28.0 Å². The zero-order valence-electron chi connectivity index (χ0n) is 24.9. The lowest BCUT2D eigenvalue weighted by Gasteiger charge is -2.15. The number of guanidine groups is 1. The maximum absolute atomic E-state index is 15.5. The van der Waals surface area contributed by atoms with E-state index in [1.807, 2.05) is 26.0 Å². The van der Waals surface area contributed by atoms with Crippen molar-refractivity contribution in [2.24, 2.45) is 22.2 Å². The first kappa shape index (κ1) is 32.6. The molecule has 0 fully saturated rings. The number of halogens is 2. The van der Waals surface area contributed by atoms with E-state index < -0.39 is 22.1 Å². The van der Waals surface area contributed by atoms with Crippen LogP contribution in [0, 0.1) is 22.9 Å². The molecule has 2 heterocycles. The summed E-state index contributed by atoms with van der Waals surface area (Å²) in [6, 6.07) is 8.75. The second-order valence-corrected chi connectivity index (χ2v) is 11.3. The smallest absolute Gasteiger partial charge is 0.354 e. The van der Waals surface area contributed by atoms with Crippen molar-refractivity contribution in [2.45, 2.75) is 58.5 Å². The Kier molecular flexibility index (Phi) is 10.3. The quantitative estimate of drug-likeness (QED) is 0.0474. The summed E-state index contributed by atoms with van der Waals surface area (Å²) in [7, 11) is 0. The number of rotatable bonds is 13. The highest BCUT2D eigenvalue weighted by atomic mass is 35.5. The normalized spacial score (nSPS) is 12.8. The minimum atomic E-state index is -0.792. The van der Waals surface area contributed by atoms with E-state index in [4.69, 9.17) is 28.8 Å². The molecule has 2 atom stereocenters. The number of H-pyrrole nitrogens is 1. The van der Waals surface area contributed by atoms with Crippen LogP contribution in [0.3, 0.4) is 0 Å². The Hall–Kier alpha value is -4.33. The lowest BCUT2D eigenvalue weighted by atomic mass is 9.97. The van der Waals surface area contributed by atoms with E-state index in [9.17, 15) is 14.9 Å². The number of nitrogens with two attached hydrogens (primary N) is 3. The van der Waals surface area contributed by atoms with Gasteiger partial charge in [0.25, 0.3) is 0 Å². The molecule has 0 aliphatic heterocycles. The molecule has 14 heteroatoms. The van der Waals surface area contributed by atoms with Gasteiger partial charge in [-0.2, -0.15) is 4.98 Å². The highest BCUT2D eigenvalue weighted by molar-refractivity contribution is 6.32. The molecule has 8 N–H and O–H groups in total. The number of aromatic nitrogens is 3. The van der Waals surface area contributed by atoms with E-state index in [1.165, 1.54) is 10.8 Å². The number of hydrogen-bond donors (Lipinski definition) is 5. The van der Waals surface area contributed by atoms with Gasteiger partial charge in [-0.1, -0.05) is 23.7 Å². The average molecular weight is 626 g/mol. The summed E-state index contributed by atoms with van der Waals surface area (Å²) in [4.78, 5) is 35.6. The van der Waals surface area contributed by atoms with E-state index >= 15 is 4.39 Å². The van der Waals surface area contributed by atoms with Crippen molar-refractivity contribution in [2.75, 3.05) is 13.1 Å². The topological polar surface area (TPSA) is 196 Å². The zero-order valence-corrected chi connectivity index (χ0v) is 25.6. The van der Waals surface area contributed by atoms with Gasteiger partial charge in [-0.15, -0.1) is 0 Å². The van der Waals surface area contributed by atoms with Crippen molar-refractivity contribution in [1.29, 1.82) is 0 Å². The molecule has 2 aromatic heterocycles. The van der Waals surface area contributed by atoms with Crippen LogP contribution in [0.1, 0.15) is 55.8 Å². The predicted molar refractivity (Wildman–Crippen MR) is 172 cm³/mol. The molecular formula is C30H37ClFN9O3. The fraction of sp³-hybridized carbons (Fsp3) is 0.367. The number of benzene rings is 2. The highest BCUT2D eigenvalue weighted by Gasteiger charge is 2.29. The number of nitro groups is 1. The second kappa shape index (κ2) is 14.0. The maximum atomic E-state index is 15.5. The molecule has 0 spiro atoms. The molecule has 234 valence electrons. The summed E-state index contributed by atoms with van der Waals surface area (Å²) >= 11 is 6.36. The number of aliphatic imine (C=N–C) groups is 1. The molecule has 0 saturated heterocycles. The molecule has 0 amide bonds. The van der Waals surface area contributed by atoms with E-state index in [1.54, 1.807) is 25.1 Å². The molecule has 4 rings (SSSR count). The van der Waals surface area contributed by atoms with E-state index in [-0.39, 0.29) is 45.4 Å². The van der Waals surface area contributed by atoms with Crippen molar-refractivity contribution >= 4 is 34.3 Å². The standard InChI is InChI=1S/C30H37ClFN9O3/c1-16(33)6-4-7-20-14-22(25(32)24(31)17(20)2)26-27(41(43)44)23-15-40(30(42)39-28(23)38-26)21-10-8-19(9-11-21)18(3)36-12-5-13-37-29(34)35/h8-11,14-16,18,36H,4-7,12-13,33H2,1-3H3,(H4,34,35,37)(H,38,39,42)/t16-,18-/m0/s1. The SMILES string of the molecule is Cc1c(CCC[C@H](C)N)cc(-c2[nH]c3nc(=O)n(-c4ccc([C@H](C)NCCCN=C(N)N)cc4)cc3c2[N+](=O)[O-])c(F)c1Cl. The lowest BCUT2D eigenvalue weighted by Crippen LogP contribution is -2.24. The minimum Gasteiger partial charge on any atom is -0.370 e. The summed E-state index contributed by atoms with van der Waals surface area (Å²) in [5.74, 6) is -0.734. The van der Waals surface area contributed by atoms with Crippen molar-refractivity contribution in [1.82, 2.24) is 19.9 Å². The van der Waals surface area contributed by atoms with Gasteiger partial charge in [0.05, 0.1) is 15.6 Å². The Morgan fingerprint density at radius 3 is 2.59 bits per heavy atom. The second-order valence-electron chi connectivity index (χ2n) is 10.9. The van der Waals surface area contributed by atoms with E-state index in [0.717, 1.165) is 30.4 Å². The van der Waals surface area contributed by atoms with Crippen LogP contribution in [0.15, 0.2) is 46.3 Å². The molecule has 0 aliphatic carbocycles. The minimum absolute atomic E-state index is 0.00343. The lowest BCUT2D eigenvalue weighted by molar-refractivity contribution is -0.382. The number of hydrogen-bond acceptors (Lipinski definition) is 7. The average Bonchev–Trinajstić information content (AvgIpc) is 3.34. The van der Waals surface area contributed by atoms with Crippen LogP contribution in [0.5, 0.6) is 0 Å². The van der Waals surface area contributed by atoms with Crippen LogP contribution in [0.4, 0.5) is 10.1 Å². The van der Waals surface area contributed by atoms with Crippen LogP contribution in [0.2, 0.25) is 5.02 Å². The number of aromatic amines is 1. The molecule has 0 bridgehead atoms. The Morgan fingerprint density at radius 1 is 1.25 bits per heavy atom. The molecular weight excluding hydrogens is 589 g/mol. The van der Waals surface area contributed by atoms with Gasteiger partial charge in [0.2, 0.25) is 0 Å². The van der Waals surface area contributed by atoms with Gasteiger partial charge in [-0.05, 0) is 87.9 Å². The van der Waals surface area contributed by atoms with Crippen molar-refractivity contribution < 1.29 is 9.31 Å². The fourth-order valence-corrected chi connectivity index (χ4v) is 5.30.